The lowest BCUT2D eigenvalue weighted by molar-refractivity contribution is 0.398. The van der Waals surface area contributed by atoms with E-state index >= 15 is 0 Å². The van der Waals surface area contributed by atoms with E-state index in [1.165, 1.54) is 36.9 Å². The van der Waals surface area contributed by atoms with E-state index in [-0.39, 0.29) is 0 Å². The van der Waals surface area contributed by atoms with Crippen molar-refractivity contribution in [1.82, 2.24) is 15.5 Å². The SMILES string of the molecule is CN(C)Cc1ccccc1CNC1CCCNCC1. The monoisotopic (exact) mass is 261 g/mol. The lowest BCUT2D eigenvalue weighted by atomic mass is 10.1. The Morgan fingerprint density at radius 3 is 2.74 bits per heavy atom. The molecule has 0 aromatic heterocycles. The highest BCUT2D eigenvalue weighted by atomic mass is 15.0. The number of nitrogens with one attached hydrogen (secondary N) is 2. The summed E-state index contributed by atoms with van der Waals surface area (Å²) in [5.41, 5.74) is 2.88. The average Bonchev–Trinajstić information content (AvgIpc) is 2.65. The zero-order valence-electron chi connectivity index (χ0n) is 12.3. The molecule has 1 fully saturated rings. The van der Waals surface area contributed by atoms with Crippen LogP contribution in [0.3, 0.4) is 0 Å². The van der Waals surface area contributed by atoms with Gasteiger partial charge in [0.25, 0.3) is 0 Å². The second-order valence-corrected chi connectivity index (χ2v) is 5.77. The summed E-state index contributed by atoms with van der Waals surface area (Å²) in [5, 5.41) is 7.20. The van der Waals surface area contributed by atoms with E-state index < -0.39 is 0 Å². The molecular formula is C16H27N3. The molecule has 1 aromatic rings. The molecule has 1 aliphatic heterocycles. The van der Waals surface area contributed by atoms with Crippen LogP contribution in [-0.4, -0.2) is 38.1 Å². The second kappa shape index (κ2) is 7.63. The zero-order chi connectivity index (χ0) is 13.5. The van der Waals surface area contributed by atoms with Crippen molar-refractivity contribution in [1.29, 1.82) is 0 Å². The summed E-state index contributed by atoms with van der Waals surface area (Å²) in [6.07, 6.45) is 3.83. The van der Waals surface area contributed by atoms with Crippen LogP contribution < -0.4 is 10.6 Å². The molecular weight excluding hydrogens is 234 g/mol. The highest BCUT2D eigenvalue weighted by Crippen LogP contribution is 2.12. The molecule has 1 atom stereocenters. The van der Waals surface area contributed by atoms with Gasteiger partial charge in [0.1, 0.15) is 0 Å². The van der Waals surface area contributed by atoms with Crippen molar-refractivity contribution in [2.24, 2.45) is 0 Å². The van der Waals surface area contributed by atoms with Crippen molar-refractivity contribution in [2.45, 2.75) is 38.4 Å². The molecule has 1 heterocycles. The maximum Gasteiger partial charge on any atom is 0.0230 e. The quantitative estimate of drug-likeness (QED) is 0.849. The van der Waals surface area contributed by atoms with Crippen molar-refractivity contribution >= 4 is 0 Å². The summed E-state index contributed by atoms with van der Waals surface area (Å²) in [5.74, 6) is 0. The predicted octanol–water partition coefficient (Wildman–Crippen LogP) is 1.98. The molecule has 106 valence electrons. The molecule has 3 nitrogen and oxygen atoms in total. The van der Waals surface area contributed by atoms with E-state index in [2.05, 4.69) is 53.9 Å². The third-order valence-corrected chi connectivity index (χ3v) is 3.76. The first kappa shape index (κ1) is 14.5. The average molecular weight is 261 g/mol. The maximum absolute atomic E-state index is 3.73. The lowest BCUT2D eigenvalue weighted by Crippen LogP contribution is -2.30. The van der Waals surface area contributed by atoms with E-state index in [1.54, 1.807) is 0 Å². The van der Waals surface area contributed by atoms with Gasteiger partial charge < -0.3 is 15.5 Å². The largest absolute Gasteiger partial charge is 0.317 e. The minimum Gasteiger partial charge on any atom is -0.317 e. The summed E-state index contributed by atoms with van der Waals surface area (Å²) in [6, 6.07) is 9.44. The van der Waals surface area contributed by atoms with Crippen molar-refractivity contribution < 1.29 is 0 Å². The van der Waals surface area contributed by atoms with Crippen molar-refractivity contribution in [3.8, 4) is 0 Å². The number of nitrogens with zero attached hydrogens (tertiary/aromatic N) is 1. The van der Waals surface area contributed by atoms with E-state index in [9.17, 15) is 0 Å². The highest BCUT2D eigenvalue weighted by Gasteiger charge is 2.11. The minimum atomic E-state index is 0.669. The second-order valence-electron chi connectivity index (χ2n) is 5.77. The topological polar surface area (TPSA) is 27.3 Å². The zero-order valence-corrected chi connectivity index (χ0v) is 12.3. The van der Waals surface area contributed by atoms with Crippen molar-refractivity contribution in [2.75, 3.05) is 27.2 Å². The Morgan fingerprint density at radius 1 is 1.16 bits per heavy atom. The summed E-state index contributed by atoms with van der Waals surface area (Å²) >= 11 is 0. The van der Waals surface area contributed by atoms with Crippen molar-refractivity contribution in [3.63, 3.8) is 0 Å². The fourth-order valence-electron chi connectivity index (χ4n) is 2.70. The molecule has 0 bridgehead atoms. The van der Waals surface area contributed by atoms with Gasteiger partial charge >= 0.3 is 0 Å². The molecule has 1 aliphatic rings. The Balaban J connectivity index is 1.90. The predicted molar refractivity (Wildman–Crippen MR) is 81.2 cm³/mol. The van der Waals surface area contributed by atoms with E-state index in [0.717, 1.165) is 19.6 Å². The van der Waals surface area contributed by atoms with Gasteiger partial charge in [-0.3, -0.25) is 0 Å². The molecule has 2 N–H and O–H groups in total. The standard InChI is InChI=1S/C16H27N3/c1-19(2)13-15-7-4-3-6-14(15)12-18-16-8-5-10-17-11-9-16/h3-4,6-7,16-18H,5,8-13H2,1-2H3. The van der Waals surface area contributed by atoms with Gasteiger partial charge in [0.15, 0.2) is 0 Å². The smallest absolute Gasteiger partial charge is 0.0230 e. The van der Waals surface area contributed by atoms with Crippen LogP contribution in [0.15, 0.2) is 24.3 Å². The first-order valence-corrected chi connectivity index (χ1v) is 7.41. The number of hydrogen-bond donors (Lipinski definition) is 2. The molecule has 0 amide bonds. The van der Waals surface area contributed by atoms with Crippen LogP contribution in [0.25, 0.3) is 0 Å². The molecule has 1 saturated heterocycles. The van der Waals surface area contributed by atoms with Crippen LogP contribution in [0, 0.1) is 0 Å². The normalized spacial score (nSPS) is 20.5. The van der Waals surface area contributed by atoms with Crippen LogP contribution >= 0.6 is 0 Å². The third-order valence-electron chi connectivity index (χ3n) is 3.76. The van der Waals surface area contributed by atoms with E-state index in [4.69, 9.17) is 0 Å². The molecule has 0 saturated carbocycles. The summed E-state index contributed by atoms with van der Waals surface area (Å²) < 4.78 is 0. The Kier molecular flexibility index (Phi) is 5.83. The van der Waals surface area contributed by atoms with Crippen LogP contribution in [0.4, 0.5) is 0 Å². The molecule has 3 heteroatoms. The van der Waals surface area contributed by atoms with E-state index in [1.807, 2.05) is 0 Å². The first-order valence-electron chi connectivity index (χ1n) is 7.41. The Hall–Kier alpha value is -0.900. The summed E-state index contributed by atoms with van der Waals surface area (Å²) in [6.45, 7) is 4.34. The highest BCUT2D eigenvalue weighted by molar-refractivity contribution is 5.27. The van der Waals surface area contributed by atoms with Gasteiger partial charge in [-0.2, -0.15) is 0 Å². The fourth-order valence-corrected chi connectivity index (χ4v) is 2.70. The van der Waals surface area contributed by atoms with Crippen LogP contribution in [0.5, 0.6) is 0 Å². The lowest BCUT2D eigenvalue weighted by Gasteiger charge is -2.19. The Labute approximate surface area is 117 Å². The Bertz CT molecular complexity index is 368. The molecule has 19 heavy (non-hydrogen) atoms. The third kappa shape index (κ3) is 4.94. The fraction of sp³-hybridized carbons (Fsp3) is 0.625. The summed E-state index contributed by atoms with van der Waals surface area (Å²) in [4.78, 5) is 2.23. The van der Waals surface area contributed by atoms with Crippen molar-refractivity contribution in [3.05, 3.63) is 35.4 Å². The molecule has 0 spiro atoms. The Morgan fingerprint density at radius 2 is 1.95 bits per heavy atom. The molecule has 1 unspecified atom stereocenters. The molecule has 0 aliphatic carbocycles. The summed E-state index contributed by atoms with van der Waals surface area (Å²) in [7, 11) is 4.25. The van der Waals surface area contributed by atoms with Gasteiger partial charge in [0, 0.05) is 19.1 Å². The minimum absolute atomic E-state index is 0.669. The molecule has 2 rings (SSSR count). The van der Waals surface area contributed by atoms with Gasteiger partial charge in [0.2, 0.25) is 0 Å². The van der Waals surface area contributed by atoms with Gasteiger partial charge in [-0.1, -0.05) is 24.3 Å². The van der Waals surface area contributed by atoms with Gasteiger partial charge in [-0.15, -0.1) is 0 Å². The molecule has 1 aromatic carbocycles. The van der Waals surface area contributed by atoms with Crippen LogP contribution in [0.1, 0.15) is 30.4 Å². The maximum atomic E-state index is 3.73. The van der Waals surface area contributed by atoms with Crippen LogP contribution in [-0.2, 0) is 13.1 Å². The number of rotatable bonds is 5. The number of benzene rings is 1. The molecule has 0 radical (unpaired) electrons. The number of hydrogen-bond acceptors (Lipinski definition) is 3. The van der Waals surface area contributed by atoms with E-state index in [0.29, 0.717) is 6.04 Å². The van der Waals surface area contributed by atoms with Gasteiger partial charge in [-0.05, 0) is 57.6 Å². The van der Waals surface area contributed by atoms with Crippen LogP contribution in [0.2, 0.25) is 0 Å². The first-order chi connectivity index (χ1) is 9.25. The van der Waals surface area contributed by atoms with Gasteiger partial charge in [-0.25, -0.2) is 0 Å². The van der Waals surface area contributed by atoms with Gasteiger partial charge in [0.05, 0.1) is 0 Å².